The van der Waals surface area contributed by atoms with Gasteiger partial charge in [-0.3, -0.25) is 14.3 Å². The number of H-pyrrole nitrogens is 1. The standard InChI is InChI=1S/C21H20N6O3/c1-14-12-16(4-3-7-22)13-15(2)19(14)30-18-5-8-23-20(26-18)24-9-11-27-10-6-17(28)25-21(27)29/h3-6,8,10,12-13H,9,11H2,1-2H3,(H,23,24,26)(H,25,28,29). The summed E-state index contributed by atoms with van der Waals surface area (Å²) >= 11 is 0. The molecule has 3 aromatic rings. The third-order valence-corrected chi connectivity index (χ3v) is 4.20. The quantitative estimate of drug-likeness (QED) is 0.579. The maximum absolute atomic E-state index is 11.7. The number of nitrogens with zero attached hydrogens (tertiary/aromatic N) is 4. The van der Waals surface area contributed by atoms with Crippen LogP contribution in [0.25, 0.3) is 6.08 Å². The lowest BCUT2D eigenvalue weighted by molar-refractivity contribution is 0.455. The van der Waals surface area contributed by atoms with Gasteiger partial charge in [0.15, 0.2) is 0 Å². The zero-order valence-electron chi connectivity index (χ0n) is 16.5. The fraction of sp³-hybridized carbons (Fsp3) is 0.190. The summed E-state index contributed by atoms with van der Waals surface area (Å²) in [6.45, 7) is 4.57. The van der Waals surface area contributed by atoms with Crippen LogP contribution < -0.4 is 21.3 Å². The Morgan fingerprint density at radius 1 is 1.27 bits per heavy atom. The highest BCUT2D eigenvalue weighted by molar-refractivity contribution is 5.58. The van der Waals surface area contributed by atoms with Crippen LogP contribution in [0.15, 0.2) is 52.3 Å². The first-order valence-corrected chi connectivity index (χ1v) is 9.18. The van der Waals surface area contributed by atoms with Gasteiger partial charge in [-0.25, -0.2) is 9.78 Å². The third kappa shape index (κ3) is 5.20. The van der Waals surface area contributed by atoms with Crippen LogP contribution in [0.2, 0.25) is 0 Å². The second-order valence-electron chi connectivity index (χ2n) is 6.50. The van der Waals surface area contributed by atoms with Gasteiger partial charge >= 0.3 is 5.69 Å². The molecule has 152 valence electrons. The lowest BCUT2D eigenvalue weighted by Gasteiger charge is -2.13. The van der Waals surface area contributed by atoms with Crippen LogP contribution in [0, 0.1) is 25.2 Å². The van der Waals surface area contributed by atoms with Crippen LogP contribution in [0.1, 0.15) is 16.7 Å². The lowest BCUT2D eigenvalue weighted by atomic mass is 10.1. The molecular weight excluding hydrogens is 384 g/mol. The summed E-state index contributed by atoms with van der Waals surface area (Å²) in [7, 11) is 0. The number of benzene rings is 1. The van der Waals surface area contributed by atoms with Gasteiger partial charge in [0, 0.05) is 43.7 Å². The van der Waals surface area contributed by atoms with Gasteiger partial charge in [-0.15, -0.1) is 0 Å². The Bertz CT molecular complexity index is 1210. The van der Waals surface area contributed by atoms with Crippen molar-refractivity contribution in [3.8, 4) is 17.7 Å². The van der Waals surface area contributed by atoms with E-state index in [1.54, 1.807) is 18.3 Å². The van der Waals surface area contributed by atoms with E-state index in [9.17, 15) is 9.59 Å². The van der Waals surface area contributed by atoms with Gasteiger partial charge in [0.25, 0.3) is 5.56 Å². The number of aryl methyl sites for hydroxylation is 2. The summed E-state index contributed by atoms with van der Waals surface area (Å²) in [5, 5.41) is 11.7. The van der Waals surface area contributed by atoms with Crippen molar-refractivity contribution in [1.82, 2.24) is 19.5 Å². The van der Waals surface area contributed by atoms with E-state index >= 15 is 0 Å². The maximum Gasteiger partial charge on any atom is 0.328 e. The first kappa shape index (κ1) is 20.5. The van der Waals surface area contributed by atoms with Crippen molar-refractivity contribution in [2.75, 3.05) is 11.9 Å². The highest BCUT2D eigenvalue weighted by Gasteiger charge is 2.09. The molecule has 3 rings (SSSR count). The van der Waals surface area contributed by atoms with Crippen LogP contribution in [-0.2, 0) is 6.54 Å². The van der Waals surface area contributed by atoms with Gasteiger partial charge in [0.05, 0.1) is 6.07 Å². The zero-order chi connectivity index (χ0) is 21.5. The molecule has 0 saturated carbocycles. The van der Waals surface area contributed by atoms with E-state index in [1.165, 1.54) is 22.9 Å². The molecule has 2 heterocycles. The number of hydrogen-bond donors (Lipinski definition) is 2. The van der Waals surface area contributed by atoms with Gasteiger partial charge in [-0.05, 0) is 48.7 Å². The number of allylic oxidation sites excluding steroid dienone is 1. The minimum Gasteiger partial charge on any atom is -0.438 e. The van der Waals surface area contributed by atoms with Crippen molar-refractivity contribution >= 4 is 12.0 Å². The summed E-state index contributed by atoms with van der Waals surface area (Å²) in [5.41, 5.74) is 1.84. The Labute approximate surface area is 172 Å². The molecule has 2 N–H and O–H groups in total. The molecule has 0 spiro atoms. The van der Waals surface area contributed by atoms with E-state index in [4.69, 9.17) is 10.00 Å². The summed E-state index contributed by atoms with van der Waals surface area (Å²) in [6.07, 6.45) is 6.18. The van der Waals surface area contributed by atoms with E-state index in [1.807, 2.05) is 32.0 Å². The van der Waals surface area contributed by atoms with Crippen LogP contribution in [0.5, 0.6) is 11.6 Å². The summed E-state index contributed by atoms with van der Waals surface area (Å²) in [5.74, 6) is 1.42. The molecule has 0 saturated heterocycles. The Hall–Kier alpha value is -4.19. The average Bonchev–Trinajstić information content (AvgIpc) is 2.71. The molecule has 0 aliphatic carbocycles. The minimum atomic E-state index is -0.471. The highest BCUT2D eigenvalue weighted by atomic mass is 16.5. The second kappa shape index (κ2) is 9.34. The molecule has 1 aromatic carbocycles. The summed E-state index contributed by atoms with van der Waals surface area (Å²) in [6, 6.07) is 8.78. The van der Waals surface area contributed by atoms with Gasteiger partial charge in [-0.2, -0.15) is 10.2 Å². The van der Waals surface area contributed by atoms with Crippen LogP contribution in [0.3, 0.4) is 0 Å². The molecule has 9 heteroatoms. The maximum atomic E-state index is 11.7. The number of aromatic nitrogens is 4. The Kier molecular flexibility index (Phi) is 6.39. The Balaban J connectivity index is 1.68. The van der Waals surface area contributed by atoms with Crippen LogP contribution >= 0.6 is 0 Å². The van der Waals surface area contributed by atoms with E-state index in [0.717, 1.165) is 16.7 Å². The SMILES string of the molecule is Cc1cc(C=CC#N)cc(C)c1Oc1ccnc(NCCn2ccc(=O)[nH]c2=O)n1. The van der Waals surface area contributed by atoms with Gasteiger partial charge in [-0.1, -0.05) is 0 Å². The van der Waals surface area contributed by atoms with E-state index in [2.05, 4.69) is 20.3 Å². The molecule has 0 aliphatic heterocycles. The minimum absolute atomic E-state index is 0.333. The Morgan fingerprint density at radius 2 is 2.03 bits per heavy atom. The largest absolute Gasteiger partial charge is 0.438 e. The van der Waals surface area contributed by atoms with Crippen LogP contribution in [-0.4, -0.2) is 26.1 Å². The number of nitriles is 1. The third-order valence-electron chi connectivity index (χ3n) is 4.20. The number of nitrogens with one attached hydrogen (secondary N) is 2. The van der Waals surface area contributed by atoms with Crippen molar-refractivity contribution in [3.63, 3.8) is 0 Å². The van der Waals surface area contributed by atoms with E-state index in [0.29, 0.717) is 30.7 Å². The molecule has 0 atom stereocenters. The molecule has 0 bridgehead atoms. The molecule has 2 aromatic heterocycles. The number of rotatable bonds is 7. The molecule has 0 radical (unpaired) electrons. The topological polar surface area (TPSA) is 126 Å². The second-order valence-corrected chi connectivity index (χ2v) is 6.50. The van der Waals surface area contributed by atoms with Crippen molar-refractivity contribution in [2.45, 2.75) is 20.4 Å². The first-order valence-electron chi connectivity index (χ1n) is 9.18. The number of ether oxygens (including phenoxy) is 1. The molecule has 30 heavy (non-hydrogen) atoms. The van der Waals surface area contributed by atoms with E-state index in [-0.39, 0.29) is 0 Å². The van der Waals surface area contributed by atoms with Crippen molar-refractivity contribution in [2.24, 2.45) is 0 Å². The predicted octanol–water partition coefficient (Wildman–Crippen LogP) is 2.38. The summed E-state index contributed by atoms with van der Waals surface area (Å²) in [4.78, 5) is 33.5. The fourth-order valence-electron chi connectivity index (χ4n) is 2.87. The number of anilines is 1. The molecule has 0 aliphatic rings. The van der Waals surface area contributed by atoms with Crippen molar-refractivity contribution < 1.29 is 4.74 Å². The fourth-order valence-corrected chi connectivity index (χ4v) is 2.87. The summed E-state index contributed by atoms with van der Waals surface area (Å²) < 4.78 is 7.34. The molecule has 0 fully saturated rings. The molecule has 0 unspecified atom stereocenters. The first-order chi connectivity index (χ1) is 14.5. The predicted molar refractivity (Wildman–Crippen MR) is 112 cm³/mol. The lowest BCUT2D eigenvalue weighted by Crippen LogP contribution is -2.30. The normalized spacial score (nSPS) is 10.7. The van der Waals surface area contributed by atoms with Crippen LogP contribution in [0.4, 0.5) is 5.95 Å². The van der Waals surface area contributed by atoms with Gasteiger partial charge in [0.1, 0.15) is 5.75 Å². The van der Waals surface area contributed by atoms with E-state index < -0.39 is 11.2 Å². The average molecular weight is 404 g/mol. The molecule has 0 amide bonds. The molecule has 9 nitrogen and oxygen atoms in total. The smallest absolute Gasteiger partial charge is 0.328 e. The van der Waals surface area contributed by atoms with Gasteiger partial charge in [0.2, 0.25) is 11.8 Å². The monoisotopic (exact) mass is 404 g/mol. The molecular formula is C21H20N6O3. The van der Waals surface area contributed by atoms with Crippen molar-refractivity contribution in [1.29, 1.82) is 5.26 Å². The highest BCUT2D eigenvalue weighted by Crippen LogP contribution is 2.29. The van der Waals surface area contributed by atoms with Crippen molar-refractivity contribution in [3.05, 3.63) is 80.3 Å². The Morgan fingerprint density at radius 3 is 2.73 bits per heavy atom. The number of hydrogen-bond acceptors (Lipinski definition) is 7. The van der Waals surface area contributed by atoms with Gasteiger partial charge < -0.3 is 10.1 Å². The zero-order valence-corrected chi connectivity index (χ0v) is 16.5. The number of aromatic amines is 1.